The van der Waals surface area contributed by atoms with E-state index in [0.717, 1.165) is 11.3 Å². The largest absolute Gasteiger partial charge is 0.496 e. The third-order valence-corrected chi connectivity index (χ3v) is 3.61. The molecule has 4 nitrogen and oxygen atoms in total. The van der Waals surface area contributed by atoms with E-state index in [1.165, 1.54) is 0 Å². The summed E-state index contributed by atoms with van der Waals surface area (Å²) in [6.07, 6.45) is 0. The molecule has 0 radical (unpaired) electrons. The SMILES string of the molecule is COc1ccc(Cl)cc1C(N)C1(CN)COC1. The minimum absolute atomic E-state index is 0.196. The number of nitrogens with two attached hydrogens (primary N) is 2. The summed E-state index contributed by atoms with van der Waals surface area (Å²) in [4.78, 5) is 0. The summed E-state index contributed by atoms with van der Waals surface area (Å²) in [5, 5.41) is 0.642. The zero-order valence-corrected chi connectivity index (χ0v) is 10.5. The predicted octanol–water partition coefficient (Wildman–Crippen LogP) is 1.32. The van der Waals surface area contributed by atoms with Crippen LogP contribution in [0.25, 0.3) is 0 Å². The molecule has 1 aromatic carbocycles. The molecular weight excluding hydrogens is 240 g/mol. The second-order valence-corrected chi connectivity index (χ2v) is 4.86. The Hall–Kier alpha value is -0.810. The molecule has 94 valence electrons. The Morgan fingerprint density at radius 2 is 2.24 bits per heavy atom. The first kappa shape index (κ1) is 12.6. The summed E-state index contributed by atoms with van der Waals surface area (Å²) >= 11 is 6.00. The molecule has 17 heavy (non-hydrogen) atoms. The average Bonchev–Trinajstić information content (AvgIpc) is 2.28. The molecule has 1 saturated heterocycles. The molecule has 1 aromatic rings. The Balaban J connectivity index is 2.35. The van der Waals surface area contributed by atoms with Crippen LogP contribution in [0.1, 0.15) is 11.6 Å². The maximum Gasteiger partial charge on any atom is 0.123 e. The second-order valence-electron chi connectivity index (χ2n) is 4.42. The quantitative estimate of drug-likeness (QED) is 0.853. The fraction of sp³-hybridized carbons (Fsp3) is 0.500. The Kier molecular flexibility index (Phi) is 3.58. The normalized spacial score (nSPS) is 19.5. The number of methoxy groups -OCH3 is 1. The maximum absolute atomic E-state index is 6.29. The van der Waals surface area contributed by atoms with Gasteiger partial charge in [0, 0.05) is 28.6 Å². The van der Waals surface area contributed by atoms with Crippen LogP contribution in [-0.4, -0.2) is 26.9 Å². The number of rotatable bonds is 4. The van der Waals surface area contributed by atoms with Crippen LogP contribution < -0.4 is 16.2 Å². The van der Waals surface area contributed by atoms with Crippen LogP contribution in [0, 0.1) is 5.41 Å². The summed E-state index contributed by atoms with van der Waals surface area (Å²) in [7, 11) is 1.62. The van der Waals surface area contributed by atoms with Gasteiger partial charge in [-0.25, -0.2) is 0 Å². The van der Waals surface area contributed by atoms with Crippen LogP contribution in [0.3, 0.4) is 0 Å². The van der Waals surface area contributed by atoms with Crippen molar-refractivity contribution in [2.24, 2.45) is 16.9 Å². The van der Waals surface area contributed by atoms with E-state index in [4.69, 9.17) is 32.5 Å². The topological polar surface area (TPSA) is 70.5 Å². The van der Waals surface area contributed by atoms with Gasteiger partial charge in [0.1, 0.15) is 5.75 Å². The van der Waals surface area contributed by atoms with Crippen LogP contribution in [0.5, 0.6) is 5.75 Å². The molecule has 1 fully saturated rings. The van der Waals surface area contributed by atoms with Gasteiger partial charge in [0.25, 0.3) is 0 Å². The zero-order valence-electron chi connectivity index (χ0n) is 9.78. The van der Waals surface area contributed by atoms with Gasteiger partial charge < -0.3 is 20.9 Å². The molecule has 1 unspecified atom stereocenters. The van der Waals surface area contributed by atoms with Gasteiger partial charge in [0.15, 0.2) is 0 Å². The highest BCUT2D eigenvalue weighted by atomic mass is 35.5. The molecule has 1 aliphatic rings. The molecule has 2 rings (SSSR count). The summed E-state index contributed by atoms with van der Waals surface area (Å²) in [5.41, 5.74) is 12.8. The van der Waals surface area contributed by atoms with Crippen molar-refractivity contribution in [2.75, 3.05) is 26.9 Å². The third-order valence-electron chi connectivity index (χ3n) is 3.37. The zero-order chi connectivity index (χ0) is 12.5. The molecule has 1 heterocycles. The van der Waals surface area contributed by atoms with Crippen molar-refractivity contribution in [1.82, 2.24) is 0 Å². The van der Waals surface area contributed by atoms with Crippen LogP contribution in [-0.2, 0) is 4.74 Å². The van der Waals surface area contributed by atoms with Gasteiger partial charge in [-0.05, 0) is 18.2 Å². The van der Waals surface area contributed by atoms with Crippen molar-refractivity contribution in [3.8, 4) is 5.75 Å². The van der Waals surface area contributed by atoms with E-state index < -0.39 is 0 Å². The van der Waals surface area contributed by atoms with Crippen molar-refractivity contribution >= 4 is 11.6 Å². The number of hydrogen-bond acceptors (Lipinski definition) is 4. The molecule has 1 aliphatic heterocycles. The van der Waals surface area contributed by atoms with Gasteiger partial charge in [-0.2, -0.15) is 0 Å². The van der Waals surface area contributed by atoms with E-state index in [1.54, 1.807) is 13.2 Å². The van der Waals surface area contributed by atoms with Crippen molar-refractivity contribution < 1.29 is 9.47 Å². The highest BCUT2D eigenvalue weighted by molar-refractivity contribution is 6.30. The first-order chi connectivity index (χ1) is 8.13. The summed E-state index contributed by atoms with van der Waals surface area (Å²) in [6, 6.07) is 5.21. The Morgan fingerprint density at radius 1 is 1.53 bits per heavy atom. The van der Waals surface area contributed by atoms with Gasteiger partial charge in [0.2, 0.25) is 0 Å². The summed E-state index contributed by atoms with van der Waals surface area (Å²) < 4.78 is 10.6. The predicted molar refractivity (Wildman–Crippen MR) is 67.2 cm³/mol. The molecular formula is C12H17ClN2O2. The van der Waals surface area contributed by atoms with Crippen LogP contribution in [0.15, 0.2) is 18.2 Å². The van der Waals surface area contributed by atoms with E-state index in [1.807, 2.05) is 12.1 Å². The Morgan fingerprint density at radius 3 is 2.71 bits per heavy atom. The molecule has 0 saturated carbocycles. The molecule has 0 bridgehead atoms. The van der Waals surface area contributed by atoms with E-state index in [0.29, 0.717) is 24.8 Å². The maximum atomic E-state index is 6.29. The molecule has 0 aromatic heterocycles. The first-order valence-electron chi connectivity index (χ1n) is 5.50. The number of hydrogen-bond donors (Lipinski definition) is 2. The standard InChI is InChI=1S/C12H17ClN2O2/c1-16-10-3-2-8(13)4-9(10)11(15)12(5-14)6-17-7-12/h2-4,11H,5-7,14-15H2,1H3. The van der Waals surface area contributed by atoms with Crippen molar-refractivity contribution in [3.05, 3.63) is 28.8 Å². The monoisotopic (exact) mass is 256 g/mol. The minimum atomic E-state index is -0.227. The number of ether oxygens (including phenoxy) is 2. The lowest BCUT2D eigenvalue weighted by atomic mass is 9.75. The molecule has 0 aliphatic carbocycles. The van der Waals surface area contributed by atoms with E-state index in [-0.39, 0.29) is 11.5 Å². The third kappa shape index (κ3) is 2.13. The lowest BCUT2D eigenvalue weighted by molar-refractivity contribution is -0.121. The van der Waals surface area contributed by atoms with Gasteiger partial charge in [-0.3, -0.25) is 0 Å². The van der Waals surface area contributed by atoms with Gasteiger partial charge in [0.05, 0.1) is 20.3 Å². The van der Waals surface area contributed by atoms with Gasteiger partial charge >= 0.3 is 0 Å². The minimum Gasteiger partial charge on any atom is -0.496 e. The lowest BCUT2D eigenvalue weighted by Crippen LogP contribution is -2.54. The fourth-order valence-corrected chi connectivity index (χ4v) is 2.25. The van der Waals surface area contributed by atoms with Crippen molar-refractivity contribution in [3.63, 3.8) is 0 Å². The average molecular weight is 257 g/mol. The molecule has 0 amide bonds. The molecule has 4 N–H and O–H groups in total. The highest BCUT2D eigenvalue weighted by Crippen LogP contribution is 2.41. The van der Waals surface area contributed by atoms with Gasteiger partial charge in [-0.15, -0.1) is 0 Å². The number of benzene rings is 1. The molecule has 5 heteroatoms. The summed E-state index contributed by atoms with van der Waals surface area (Å²) in [5.74, 6) is 0.738. The van der Waals surface area contributed by atoms with Crippen LogP contribution in [0.2, 0.25) is 5.02 Å². The van der Waals surface area contributed by atoms with Crippen molar-refractivity contribution in [1.29, 1.82) is 0 Å². The highest BCUT2D eigenvalue weighted by Gasteiger charge is 2.44. The smallest absolute Gasteiger partial charge is 0.123 e. The van der Waals surface area contributed by atoms with Gasteiger partial charge in [-0.1, -0.05) is 11.6 Å². The molecule has 0 spiro atoms. The molecule has 1 atom stereocenters. The number of halogens is 1. The van der Waals surface area contributed by atoms with E-state index in [9.17, 15) is 0 Å². The Bertz CT molecular complexity index is 402. The van der Waals surface area contributed by atoms with Crippen LogP contribution >= 0.6 is 11.6 Å². The fourth-order valence-electron chi connectivity index (χ4n) is 2.07. The first-order valence-corrected chi connectivity index (χ1v) is 5.87. The lowest BCUT2D eigenvalue weighted by Gasteiger charge is -2.45. The van der Waals surface area contributed by atoms with E-state index in [2.05, 4.69) is 0 Å². The Labute approximate surface area is 106 Å². The van der Waals surface area contributed by atoms with Crippen LogP contribution in [0.4, 0.5) is 0 Å². The second kappa shape index (κ2) is 4.82. The van der Waals surface area contributed by atoms with Crippen molar-refractivity contribution in [2.45, 2.75) is 6.04 Å². The van der Waals surface area contributed by atoms with E-state index >= 15 is 0 Å². The summed E-state index contributed by atoms with van der Waals surface area (Å²) in [6.45, 7) is 1.66.